The van der Waals surface area contributed by atoms with E-state index in [2.05, 4.69) is 141 Å². The fourth-order valence-corrected chi connectivity index (χ4v) is 6.42. The Kier molecular flexibility index (Phi) is 9.40. The van der Waals surface area contributed by atoms with E-state index in [9.17, 15) is 0 Å². The van der Waals surface area contributed by atoms with Crippen LogP contribution in [0.5, 0.6) is 0 Å². The number of anilines is 4. The van der Waals surface area contributed by atoms with Gasteiger partial charge in [0, 0.05) is 0 Å². The van der Waals surface area contributed by atoms with Gasteiger partial charge in [-0.05, 0) is 77.8 Å². The first-order valence-electron chi connectivity index (χ1n) is 15.6. The Balaban J connectivity index is 0.00000208. The monoisotopic (exact) mass is 1010 g/mol. The minimum Gasteiger partial charge on any atom is -0.520 e. The molecule has 11 heteroatoms. The maximum absolute atomic E-state index is 3.85. The molecule has 0 N–H and O–H groups in total. The molecule has 254 valence electrons. The van der Waals surface area contributed by atoms with Gasteiger partial charge in [-0.2, -0.15) is 61.7 Å². The molecule has 0 fully saturated rings. The Morgan fingerprint density at radius 1 is 0.490 bits per heavy atom. The van der Waals surface area contributed by atoms with Crippen LogP contribution in [-0.2, 0) is 47.5 Å². The van der Waals surface area contributed by atoms with Gasteiger partial charge in [0.1, 0.15) is 0 Å². The summed E-state index contributed by atoms with van der Waals surface area (Å²) in [7, 11) is 8.13. The summed E-state index contributed by atoms with van der Waals surface area (Å²) in [5.74, 6) is 0. The SMILES string of the molecule is CN1C=CN(c2[c-]c3c(cc2)c2ccc(N4C=CN(C)[CH-]4)[c-]c2n3-c2[c-]c(N3C=CN(C)[CH-]3)c(C(C)(C)C)c(N3C=CN(C)[CH-]3)[c-]2)[CH-]1.[Pt+4].[Pt+4]. The fourth-order valence-electron chi connectivity index (χ4n) is 6.42. The van der Waals surface area contributed by atoms with Crippen LogP contribution in [0, 0.1) is 50.9 Å². The second-order valence-electron chi connectivity index (χ2n) is 13.4. The third-order valence-corrected chi connectivity index (χ3v) is 8.63. The average Bonchev–Trinajstić information content (AvgIpc) is 3.87. The zero-order valence-corrected chi connectivity index (χ0v) is 32.9. The third kappa shape index (κ3) is 6.25. The van der Waals surface area contributed by atoms with Gasteiger partial charge in [0.25, 0.3) is 0 Å². The zero-order valence-electron chi connectivity index (χ0n) is 28.4. The van der Waals surface area contributed by atoms with Crippen molar-refractivity contribution in [3.05, 3.63) is 130 Å². The van der Waals surface area contributed by atoms with Crippen LogP contribution < -0.4 is 19.6 Å². The second kappa shape index (κ2) is 13.1. The number of hydrogen-bond donors (Lipinski definition) is 0. The Morgan fingerprint density at radius 3 is 1.18 bits per heavy atom. The van der Waals surface area contributed by atoms with Gasteiger partial charge in [-0.3, -0.25) is 0 Å². The maximum atomic E-state index is 3.85. The van der Waals surface area contributed by atoms with Crippen molar-refractivity contribution in [2.75, 3.05) is 47.8 Å². The summed E-state index contributed by atoms with van der Waals surface area (Å²) < 4.78 is 2.22. The number of aromatic nitrogens is 1. The van der Waals surface area contributed by atoms with Crippen molar-refractivity contribution in [2.24, 2.45) is 0 Å². The quantitative estimate of drug-likeness (QED) is 0.206. The first-order valence-corrected chi connectivity index (χ1v) is 15.6. The molecule has 5 heterocycles. The van der Waals surface area contributed by atoms with Gasteiger partial charge in [-0.1, -0.05) is 31.8 Å². The van der Waals surface area contributed by atoms with Gasteiger partial charge < -0.3 is 55.9 Å². The maximum Gasteiger partial charge on any atom is 4.00 e. The van der Waals surface area contributed by atoms with Crippen molar-refractivity contribution in [2.45, 2.75) is 26.2 Å². The molecule has 4 aliphatic heterocycles. The summed E-state index contributed by atoms with van der Waals surface area (Å²) in [6, 6.07) is 23.9. The van der Waals surface area contributed by atoms with Crippen LogP contribution in [0.3, 0.4) is 0 Å². The molecule has 0 aliphatic carbocycles. The van der Waals surface area contributed by atoms with Gasteiger partial charge >= 0.3 is 42.1 Å². The third-order valence-electron chi connectivity index (χ3n) is 8.63. The Labute approximate surface area is 319 Å². The first kappa shape index (κ1) is 35.0. The van der Waals surface area contributed by atoms with Gasteiger partial charge in [-0.25, -0.2) is 22.6 Å². The summed E-state index contributed by atoms with van der Waals surface area (Å²) in [5, 5.41) is 2.18. The molecule has 0 bridgehead atoms. The normalized spacial score (nSPS) is 17.2. The van der Waals surface area contributed by atoms with E-state index in [1.165, 1.54) is 0 Å². The van der Waals surface area contributed by atoms with Gasteiger partial charge in [0.05, 0.1) is 0 Å². The van der Waals surface area contributed by atoms with E-state index in [1.807, 2.05) is 76.1 Å². The van der Waals surface area contributed by atoms with Gasteiger partial charge in [0.15, 0.2) is 0 Å². The number of hydrogen-bond acceptors (Lipinski definition) is 8. The second-order valence-corrected chi connectivity index (χ2v) is 13.4. The van der Waals surface area contributed by atoms with Crippen LogP contribution in [-0.4, -0.2) is 52.4 Å². The summed E-state index contributed by atoms with van der Waals surface area (Å²) in [6.07, 6.45) is 16.4. The molecular weight excluding hydrogens is 973 g/mol. The van der Waals surface area contributed by atoms with E-state index < -0.39 is 0 Å². The molecule has 3 aromatic carbocycles. The standard InChI is InChI=1S/C38H37N9.2Pt/c1-38(2,3)37-35(45-18-14-41(6)26-45)22-30(23-36(37)46-19-15-42(7)27-46)47-33-20-28(43-16-12-39(4)24-43)8-10-31(33)32-11-9-29(21-34(32)47)44-17-13-40(5)25-44;;/h8-19,24-27H,1-7H3;;/q-8;2*+4. The van der Waals surface area contributed by atoms with Crippen molar-refractivity contribution < 1.29 is 42.1 Å². The summed E-state index contributed by atoms with van der Waals surface area (Å²) >= 11 is 0. The van der Waals surface area contributed by atoms with Crippen molar-refractivity contribution in [1.82, 2.24) is 24.2 Å². The van der Waals surface area contributed by atoms with Crippen molar-refractivity contribution in [3.8, 4) is 5.69 Å². The molecule has 0 saturated carbocycles. The molecule has 9 nitrogen and oxygen atoms in total. The minimum atomic E-state index is -0.213. The first-order chi connectivity index (χ1) is 22.5. The average molecular weight is 1010 g/mol. The summed E-state index contributed by atoms with van der Waals surface area (Å²) in [6.45, 7) is 15.0. The molecular formula is C38H37N9Pt2. The predicted octanol–water partition coefficient (Wildman–Crippen LogP) is 6.65. The van der Waals surface area contributed by atoms with E-state index in [0.29, 0.717) is 0 Å². The summed E-state index contributed by atoms with van der Waals surface area (Å²) in [5.41, 5.74) is 7.41. The Hall–Kier alpha value is -3.80. The van der Waals surface area contributed by atoms with Crippen LogP contribution in [0.1, 0.15) is 26.3 Å². The molecule has 0 amide bonds. The van der Waals surface area contributed by atoms with Crippen LogP contribution >= 0.6 is 0 Å². The van der Waals surface area contributed by atoms with E-state index in [1.54, 1.807) is 0 Å². The molecule has 49 heavy (non-hydrogen) atoms. The number of fused-ring (bicyclic) bond motifs is 3. The van der Waals surface area contributed by atoms with E-state index >= 15 is 0 Å². The van der Waals surface area contributed by atoms with E-state index in [-0.39, 0.29) is 47.5 Å². The van der Waals surface area contributed by atoms with E-state index in [4.69, 9.17) is 0 Å². The van der Waals surface area contributed by atoms with Crippen LogP contribution in [0.2, 0.25) is 0 Å². The smallest absolute Gasteiger partial charge is 0.520 e. The molecule has 4 aliphatic rings. The Morgan fingerprint density at radius 2 is 0.857 bits per heavy atom. The predicted molar refractivity (Wildman–Crippen MR) is 190 cm³/mol. The number of nitrogens with zero attached hydrogens (tertiary/aromatic N) is 9. The molecule has 0 spiro atoms. The molecule has 0 atom stereocenters. The number of rotatable bonds is 5. The molecule has 0 unspecified atom stereocenters. The molecule has 0 saturated heterocycles. The molecule has 0 radical (unpaired) electrons. The van der Waals surface area contributed by atoms with Crippen molar-refractivity contribution in [1.29, 1.82) is 0 Å². The molecule has 4 aromatic rings. The molecule has 1 aromatic heterocycles. The zero-order chi connectivity index (χ0) is 32.6. The van der Waals surface area contributed by atoms with Crippen molar-refractivity contribution >= 4 is 44.6 Å². The largest absolute Gasteiger partial charge is 4.00 e. The van der Waals surface area contributed by atoms with Gasteiger partial charge in [-0.15, -0.1) is 28.9 Å². The topological polar surface area (TPSA) is 30.9 Å². The summed E-state index contributed by atoms with van der Waals surface area (Å²) in [4.78, 5) is 16.7. The van der Waals surface area contributed by atoms with Gasteiger partial charge in [0.2, 0.25) is 0 Å². The van der Waals surface area contributed by atoms with Crippen molar-refractivity contribution in [3.63, 3.8) is 0 Å². The number of benzene rings is 3. The van der Waals surface area contributed by atoms with Crippen LogP contribution in [0.25, 0.3) is 27.5 Å². The van der Waals surface area contributed by atoms with Crippen LogP contribution in [0.15, 0.2) is 73.9 Å². The van der Waals surface area contributed by atoms with E-state index in [0.717, 1.165) is 55.8 Å². The minimum absolute atomic E-state index is 0. The van der Waals surface area contributed by atoms with Crippen LogP contribution in [0.4, 0.5) is 22.7 Å². The Bertz CT molecular complexity index is 1880. The molecule has 8 rings (SSSR count). The fraction of sp³-hybridized carbons (Fsp3) is 0.211.